The lowest BCUT2D eigenvalue weighted by Gasteiger charge is -2.25. The van der Waals surface area contributed by atoms with Gasteiger partial charge < -0.3 is 15.0 Å². The summed E-state index contributed by atoms with van der Waals surface area (Å²) in [7, 11) is 3.68. The fraction of sp³-hybridized carbons (Fsp3) is 0.667. The molecule has 150 valence electrons. The highest BCUT2D eigenvalue weighted by Crippen LogP contribution is 2.27. The van der Waals surface area contributed by atoms with Gasteiger partial charge in [0.25, 0.3) is 0 Å². The molecule has 1 N–H and O–H groups in total. The van der Waals surface area contributed by atoms with Crippen LogP contribution < -0.4 is 5.32 Å². The van der Waals surface area contributed by atoms with Crippen molar-refractivity contribution in [2.24, 2.45) is 10.9 Å². The number of nitrogens with one attached hydrogen (secondary N) is 1. The zero-order chi connectivity index (χ0) is 18.9. The highest BCUT2D eigenvalue weighted by Gasteiger charge is 2.29. The van der Waals surface area contributed by atoms with Crippen LogP contribution in [0.15, 0.2) is 40.2 Å². The number of guanidine groups is 1. The molecule has 1 heterocycles. The zero-order valence-corrected chi connectivity index (χ0v) is 17.6. The van der Waals surface area contributed by atoms with Crippen molar-refractivity contribution in [3.8, 4) is 0 Å². The van der Waals surface area contributed by atoms with Crippen LogP contribution in [0.3, 0.4) is 0 Å². The van der Waals surface area contributed by atoms with Crippen LogP contribution in [0.2, 0.25) is 0 Å². The third-order valence-corrected chi connectivity index (χ3v) is 6.60. The van der Waals surface area contributed by atoms with Crippen LogP contribution >= 0.6 is 11.8 Å². The summed E-state index contributed by atoms with van der Waals surface area (Å²) < 4.78 is 5.25. The van der Waals surface area contributed by atoms with Gasteiger partial charge in [-0.3, -0.25) is 9.89 Å². The van der Waals surface area contributed by atoms with Crippen molar-refractivity contribution in [2.45, 2.75) is 30.2 Å². The summed E-state index contributed by atoms with van der Waals surface area (Å²) in [6, 6.07) is 11.5. The van der Waals surface area contributed by atoms with E-state index in [0.717, 1.165) is 57.2 Å². The molecule has 0 radical (unpaired) electrons. The van der Waals surface area contributed by atoms with E-state index in [0.29, 0.717) is 0 Å². The average molecular weight is 391 g/mol. The molecule has 1 aromatic rings. The Morgan fingerprint density at radius 3 is 2.78 bits per heavy atom. The van der Waals surface area contributed by atoms with Gasteiger partial charge in [0.1, 0.15) is 0 Å². The van der Waals surface area contributed by atoms with Gasteiger partial charge in [0.2, 0.25) is 0 Å². The first-order chi connectivity index (χ1) is 13.3. The summed E-state index contributed by atoms with van der Waals surface area (Å²) in [5.74, 6) is 2.98. The van der Waals surface area contributed by atoms with E-state index in [9.17, 15) is 0 Å². The predicted molar refractivity (Wildman–Crippen MR) is 115 cm³/mol. The molecule has 1 atom stereocenters. The van der Waals surface area contributed by atoms with Crippen LogP contribution in [0.25, 0.3) is 0 Å². The molecule has 5 nitrogen and oxygen atoms in total. The SMILES string of the molecule is CN=C(NCCN(CCOC)C1CC1)N1CCC(CSc2ccccc2)C1. The minimum Gasteiger partial charge on any atom is -0.383 e. The second-order valence-corrected chi connectivity index (χ2v) is 8.55. The Labute approximate surface area is 168 Å². The molecule has 2 aliphatic rings. The van der Waals surface area contributed by atoms with E-state index in [1.54, 1.807) is 7.11 Å². The molecule has 0 spiro atoms. The Kier molecular flexibility index (Phi) is 8.30. The monoisotopic (exact) mass is 390 g/mol. The van der Waals surface area contributed by atoms with E-state index >= 15 is 0 Å². The van der Waals surface area contributed by atoms with Crippen molar-refractivity contribution in [2.75, 3.05) is 59.2 Å². The fourth-order valence-corrected chi connectivity index (χ4v) is 4.71. The third-order valence-electron chi connectivity index (χ3n) is 5.35. The Hall–Kier alpha value is -1.24. The Morgan fingerprint density at radius 2 is 2.07 bits per heavy atom. The Bertz CT molecular complexity index is 579. The van der Waals surface area contributed by atoms with Gasteiger partial charge in [0.05, 0.1) is 6.61 Å². The summed E-state index contributed by atoms with van der Waals surface area (Å²) in [5, 5.41) is 3.58. The molecule has 0 amide bonds. The van der Waals surface area contributed by atoms with Crippen LogP contribution in [-0.4, -0.2) is 81.0 Å². The minimum absolute atomic E-state index is 0.735. The first-order valence-corrected chi connectivity index (χ1v) is 11.1. The normalized spacial score (nSPS) is 20.5. The van der Waals surface area contributed by atoms with E-state index in [1.165, 1.54) is 29.9 Å². The van der Waals surface area contributed by atoms with Gasteiger partial charge in [-0.1, -0.05) is 18.2 Å². The van der Waals surface area contributed by atoms with Crippen LogP contribution in [0.4, 0.5) is 0 Å². The van der Waals surface area contributed by atoms with Gasteiger partial charge in [-0.2, -0.15) is 0 Å². The number of nitrogens with zero attached hydrogens (tertiary/aromatic N) is 3. The number of hydrogen-bond acceptors (Lipinski definition) is 4. The van der Waals surface area contributed by atoms with E-state index in [1.807, 2.05) is 18.8 Å². The molecule has 1 saturated carbocycles. The molecule has 0 bridgehead atoms. The topological polar surface area (TPSA) is 40.1 Å². The van der Waals surface area contributed by atoms with E-state index in [4.69, 9.17) is 4.74 Å². The molecule has 27 heavy (non-hydrogen) atoms. The van der Waals surface area contributed by atoms with E-state index < -0.39 is 0 Å². The lowest BCUT2D eigenvalue weighted by Crippen LogP contribution is -2.44. The maximum atomic E-state index is 5.25. The third kappa shape index (κ3) is 6.70. The van der Waals surface area contributed by atoms with Crippen LogP contribution in [-0.2, 0) is 4.74 Å². The number of ether oxygens (including phenoxy) is 1. The Morgan fingerprint density at radius 1 is 1.26 bits per heavy atom. The van der Waals surface area contributed by atoms with E-state index in [-0.39, 0.29) is 0 Å². The minimum atomic E-state index is 0.735. The molecule has 3 rings (SSSR count). The summed E-state index contributed by atoms with van der Waals surface area (Å²) >= 11 is 1.97. The first kappa shape index (κ1) is 20.5. The maximum absolute atomic E-state index is 5.25. The number of rotatable bonds is 10. The summed E-state index contributed by atoms with van der Waals surface area (Å²) in [6.45, 7) is 6.08. The van der Waals surface area contributed by atoms with Gasteiger partial charge >= 0.3 is 0 Å². The van der Waals surface area contributed by atoms with Crippen molar-refractivity contribution in [3.05, 3.63) is 30.3 Å². The van der Waals surface area contributed by atoms with Crippen molar-refractivity contribution < 1.29 is 4.74 Å². The molecule has 0 aromatic heterocycles. The summed E-state index contributed by atoms with van der Waals surface area (Å²) in [4.78, 5) is 10.9. The van der Waals surface area contributed by atoms with Crippen molar-refractivity contribution in [1.82, 2.24) is 15.1 Å². The van der Waals surface area contributed by atoms with Gasteiger partial charge in [0, 0.05) is 63.6 Å². The van der Waals surface area contributed by atoms with Crippen LogP contribution in [0.5, 0.6) is 0 Å². The smallest absolute Gasteiger partial charge is 0.193 e. The van der Waals surface area contributed by atoms with Crippen LogP contribution in [0.1, 0.15) is 19.3 Å². The molecule has 1 aliphatic heterocycles. The summed E-state index contributed by atoms with van der Waals surface area (Å²) in [5.41, 5.74) is 0. The largest absolute Gasteiger partial charge is 0.383 e. The molecule has 6 heteroatoms. The number of likely N-dealkylation sites (tertiary alicyclic amines) is 1. The van der Waals surface area contributed by atoms with Gasteiger partial charge in [-0.15, -0.1) is 11.8 Å². The number of benzene rings is 1. The molecular weight excluding hydrogens is 356 g/mol. The number of hydrogen-bond donors (Lipinski definition) is 1. The Balaban J connectivity index is 1.37. The van der Waals surface area contributed by atoms with E-state index in [2.05, 4.69) is 50.4 Å². The quantitative estimate of drug-likeness (QED) is 0.378. The second-order valence-electron chi connectivity index (χ2n) is 7.46. The van der Waals surface area contributed by atoms with Gasteiger partial charge in [-0.25, -0.2) is 0 Å². The maximum Gasteiger partial charge on any atom is 0.193 e. The lowest BCUT2D eigenvalue weighted by atomic mass is 10.2. The highest BCUT2D eigenvalue weighted by atomic mass is 32.2. The number of methoxy groups -OCH3 is 1. The van der Waals surface area contributed by atoms with Gasteiger partial charge in [0.15, 0.2) is 5.96 Å². The highest BCUT2D eigenvalue weighted by molar-refractivity contribution is 7.99. The van der Waals surface area contributed by atoms with Crippen LogP contribution in [0, 0.1) is 5.92 Å². The molecule has 1 aromatic carbocycles. The first-order valence-electron chi connectivity index (χ1n) is 10.2. The molecule has 1 aliphatic carbocycles. The van der Waals surface area contributed by atoms with Crippen molar-refractivity contribution >= 4 is 17.7 Å². The average Bonchev–Trinajstić information content (AvgIpc) is 3.44. The molecule has 2 fully saturated rings. The molecular formula is C21H34N4OS. The van der Waals surface area contributed by atoms with Crippen molar-refractivity contribution in [1.29, 1.82) is 0 Å². The standard InChI is InChI=1S/C21H34N4OS/c1-22-21(23-11-13-24(14-15-26-2)19-8-9-19)25-12-10-18(16-25)17-27-20-6-4-3-5-7-20/h3-7,18-19H,8-17H2,1-2H3,(H,22,23). The predicted octanol–water partition coefficient (Wildman–Crippen LogP) is 2.79. The van der Waals surface area contributed by atoms with Crippen molar-refractivity contribution in [3.63, 3.8) is 0 Å². The zero-order valence-electron chi connectivity index (χ0n) is 16.8. The lowest BCUT2D eigenvalue weighted by molar-refractivity contribution is 0.144. The number of aliphatic imine (C=N–C) groups is 1. The fourth-order valence-electron chi connectivity index (χ4n) is 3.66. The van der Waals surface area contributed by atoms with Gasteiger partial charge in [-0.05, 0) is 37.3 Å². The summed E-state index contributed by atoms with van der Waals surface area (Å²) in [6.07, 6.45) is 3.93. The number of thioether (sulfide) groups is 1. The molecule has 1 unspecified atom stereocenters. The molecule has 1 saturated heterocycles. The second kappa shape index (κ2) is 10.9.